The minimum absolute atomic E-state index is 0. The molecule has 1 fully saturated rings. The van der Waals surface area contributed by atoms with E-state index >= 15 is 0 Å². The zero-order valence-electron chi connectivity index (χ0n) is 13.5. The maximum absolute atomic E-state index is 12.5. The molecule has 0 atom stereocenters. The Balaban J connectivity index is 0.00000264. The molecule has 0 heterocycles. The number of carbonyl (C=O) groups excluding carboxylic acids is 2. The first kappa shape index (κ1) is 19.5. The second-order valence-electron chi connectivity index (χ2n) is 5.84. The van der Waals surface area contributed by atoms with Crippen molar-refractivity contribution in [1.82, 2.24) is 5.32 Å². The molecule has 2 rings (SSSR count). The normalized spacial score (nSPS) is 16.6. The SMILES string of the molecule is COC(=O)C1(NC(=O)c2ccc(CN)cc2)CCCCCC1.Cl. The molecule has 0 unspecified atom stereocenters. The van der Waals surface area contributed by atoms with E-state index in [-0.39, 0.29) is 24.3 Å². The van der Waals surface area contributed by atoms with Gasteiger partial charge in [-0.3, -0.25) is 4.79 Å². The second-order valence-corrected chi connectivity index (χ2v) is 5.84. The number of nitrogens with two attached hydrogens (primary N) is 1. The van der Waals surface area contributed by atoms with Crippen molar-refractivity contribution in [3.8, 4) is 0 Å². The van der Waals surface area contributed by atoms with Gasteiger partial charge in [-0.15, -0.1) is 12.4 Å². The van der Waals surface area contributed by atoms with Crippen LogP contribution in [0.25, 0.3) is 0 Å². The number of ether oxygens (including phenoxy) is 1. The smallest absolute Gasteiger partial charge is 0.331 e. The van der Waals surface area contributed by atoms with Gasteiger partial charge in [0.05, 0.1) is 7.11 Å². The lowest BCUT2D eigenvalue weighted by Crippen LogP contribution is -2.54. The predicted molar refractivity (Wildman–Crippen MR) is 91.5 cm³/mol. The van der Waals surface area contributed by atoms with E-state index in [2.05, 4.69) is 5.32 Å². The fraction of sp³-hybridized carbons (Fsp3) is 0.529. The van der Waals surface area contributed by atoms with Crippen LogP contribution in [0.1, 0.15) is 54.4 Å². The molecule has 1 aliphatic rings. The number of esters is 1. The summed E-state index contributed by atoms with van der Waals surface area (Å²) in [4.78, 5) is 24.8. The van der Waals surface area contributed by atoms with Crippen LogP contribution in [0.3, 0.4) is 0 Å². The van der Waals surface area contributed by atoms with E-state index in [4.69, 9.17) is 10.5 Å². The summed E-state index contributed by atoms with van der Waals surface area (Å²) in [5, 5.41) is 2.93. The van der Waals surface area contributed by atoms with Gasteiger partial charge in [0.25, 0.3) is 5.91 Å². The van der Waals surface area contributed by atoms with Gasteiger partial charge in [-0.25, -0.2) is 4.79 Å². The molecule has 0 spiro atoms. The molecule has 0 saturated heterocycles. The molecule has 1 aromatic carbocycles. The van der Waals surface area contributed by atoms with Crippen molar-refractivity contribution in [3.63, 3.8) is 0 Å². The highest BCUT2D eigenvalue weighted by Gasteiger charge is 2.41. The Kier molecular flexibility index (Phi) is 7.52. The molecule has 1 saturated carbocycles. The number of halogens is 1. The molecule has 128 valence electrons. The Morgan fingerprint density at radius 2 is 1.70 bits per heavy atom. The van der Waals surface area contributed by atoms with Gasteiger partial charge in [0.2, 0.25) is 0 Å². The van der Waals surface area contributed by atoms with Crippen molar-refractivity contribution in [2.24, 2.45) is 5.73 Å². The van der Waals surface area contributed by atoms with Crippen molar-refractivity contribution in [3.05, 3.63) is 35.4 Å². The van der Waals surface area contributed by atoms with E-state index in [1.165, 1.54) is 7.11 Å². The molecular formula is C17H25ClN2O3. The minimum Gasteiger partial charge on any atom is -0.467 e. The molecule has 5 nitrogen and oxygen atoms in total. The van der Waals surface area contributed by atoms with Crippen LogP contribution in [0.4, 0.5) is 0 Å². The number of rotatable bonds is 4. The Bertz CT molecular complexity index is 523. The fourth-order valence-electron chi connectivity index (χ4n) is 2.99. The molecule has 0 radical (unpaired) electrons. The minimum atomic E-state index is -0.894. The van der Waals surface area contributed by atoms with E-state index in [0.29, 0.717) is 24.9 Å². The van der Waals surface area contributed by atoms with Crippen LogP contribution in [-0.4, -0.2) is 24.5 Å². The maximum atomic E-state index is 12.5. The maximum Gasteiger partial charge on any atom is 0.331 e. The third kappa shape index (κ3) is 4.69. The highest BCUT2D eigenvalue weighted by Crippen LogP contribution is 2.28. The van der Waals surface area contributed by atoms with Gasteiger partial charge < -0.3 is 15.8 Å². The van der Waals surface area contributed by atoms with Crippen molar-refractivity contribution >= 4 is 24.3 Å². The first-order valence-electron chi connectivity index (χ1n) is 7.81. The molecule has 1 aliphatic carbocycles. The molecule has 1 amide bonds. The van der Waals surface area contributed by atoms with Crippen LogP contribution in [0.2, 0.25) is 0 Å². The summed E-state index contributed by atoms with van der Waals surface area (Å²) in [6.45, 7) is 0.438. The summed E-state index contributed by atoms with van der Waals surface area (Å²) >= 11 is 0. The first-order chi connectivity index (χ1) is 10.6. The topological polar surface area (TPSA) is 81.4 Å². The van der Waals surface area contributed by atoms with Gasteiger partial charge in [-0.05, 0) is 30.5 Å². The zero-order chi connectivity index (χ0) is 16.0. The highest BCUT2D eigenvalue weighted by molar-refractivity contribution is 5.98. The first-order valence-corrected chi connectivity index (χ1v) is 7.81. The molecule has 0 aromatic heterocycles. The van der Waals surface area contributed by atoms with E-state index < -0.39 is 5.54 Å². The van der Waals surface area contributed by atoms with Crippen molar-refractivity contribution in [1.29, 1.82) is 0 Å². The van der Waals surface area contributed by atoms with Crippen LogP contribution < -0.4 is 11.1 Å². The number of nitrogens with one attached hydrogen (secondary N) is 1. The molecule has 0 bridgehead atoms. The summed E-state index contributed by atoms with van der Waals surface area (Å²) in [5.41, 5.74) is 6.16. The lowest BCUT2D eigenvalue weighted by molar-refractivity contribution is -0.148. The van der Waals surface area contributed by atoms with E-state index in [0.717, 1.165) is 31.2 Å². The number of hydrogen-bond acceptors (Lipinski definition) is 4. The molecule has 0 aliphatic heterocycles. The van der Waals surface area contributed by atoms with Crippen molar-refractivity contribution < 1.29 is 14.3 Å². The molecule has 1 aromatic rings. The van der Waals surface area contributed by atoms with E-state index in [9.17, 15) is 9.59 Å². The number of benzene rings is 1. The number of methoxy groups -OCH3 is 1. The van der Waals surface area contributed by atoms with Gasteiger partial charge in [-0.1, -0.05) is 37.8 Å². The summed E-state index contributed by atoms with van der Waals surface area (Å²) in [6, 6.07) is 7.12. The second kappa shape index (κ2) is 8.89. The zero-order valence-corrected chi connectivity index (χ0v) is 14.3. The van der Waals surface area contributed by atoms with Gasteiger partial charge in [0.1, 0.15) is 5.54 Å². The third-order valence-electron chi connectivity index (χ3n) is 4.34. The molecular weight excluding hydrogens is 316 g/mol. The number of amides is 1. The third-order valence-corrected chi connectivity index (χ3v) is 4.34. The lowest BCUT2D eigenvalue weighted by Gasteiger charge is -2.30. The van der Waals surface area contributed by atoms with Crippen LogP contribution in [0.15, 0.2) is 24.3 Å². The van der Waals surface area contributed by atoms with Crippen LogP contribution >= 0.6 is 12.4 Å². The van der Waals surface area contributed by atoms with Crippen LogP contribution in [0, 0.1) is 0 Å². The van der Waals surface area contributed by atoms with Gasteiger partial charge in [0, 0.05) is 12.1 Å². The summed E-state index contributed by atoms with van der Waals surface area (Å²) < 4.78 is 4.95. The molecule has 23 heavy (non-hydrogen) atoms. The van der Waals surface area contributed by atoms with E-state index in [1.807, 2.05) is 12.1 Å². The van der Waals surface area contributed by atoms with Crippen LogP contribution in [-0.2, 0) is 16.1 Å². The summed E-state index contributed by atoms with van der Waals surface area (Å²) in [5.74, 6) is -0.586. The molecule has 6 heteroatoms. The summed E-state index contributed by atoms with van der Waals surface area (Å²) in [7, 11) is 1.37. The van der Waals surface area contributed by atoms with Gasteiger partial charge in [-0.2, -0.15) is 0 Å². The van der Waals surface area contributed by atoms with Gasteiger partial charge >= 0.3 is 5.97 Å². The van der Waals surface area contributed by atoms with Crippen LogP contribution in [0.5, 0.6) is 0 Å². The fourth-order valence-corrected chi connectivity index (χ4v) is 2.99. The standard InChI is InChI=1S/C17H24N2O3.ClH/c1-22-16(21)17(10-4-2-3-5-11-17)19-15(20)14-8-6-13(12-18)7-9-14;/h6-9H,2-5,10-12,18H2,1H3,(H,19,20);1H. The highest BCUT2D eigenvalue weighted by atomic mass is 35.5. The molecule has 3 N–H and O–H groups in total. The number of hydrogen-bond donors (Lipinski definition) is 2. The average Bonchev–Trinajstić information content (AvgIpc) is 2.80. The van der Waals surface area contributed by atoms with E-state index in [1.54, 1.807) is 12.1 Å². The largest absolute Gasteiger partial charge is 0.467 e. The number of carbonyl (C=O) groups is 2. The Labute approximate surface area is 143 Å². The Morgan fingerprint density at radius 3 is 2.17 bits per heavy atom. The summed E-state index contributed by atoms with van der Waals surface area (Å²) in [6.07, 6.45) is 5.27. The lowest BCUT2D eigenvalue weighted by atomic mass is 9.89. The van der Waals surface area contributed by atoms with Crippen molar-refractivity contribution in [2.45, 2.75) is 50.6 Å². The average molecular weight is 341 g/mol. The quantitative estimate of drug-likeness (QED) is 0.652. The Hall–Kier alpha value is -1.59. The van der Waals surface area contributed by atoms with Crippen molar-refractivity contribution in [2.75, 3.05) is 7.11 Å². The predicted octanol–water partition coefficient (Wildman–Crippen LogP) is 2.56. The monoisotopic (exact) mass is 340 g/mol. The Morgan fingerprint density at radius 1 is 1.13 bits per heavy atom. The van der Waals surface area contributed by atoms with Gasteiger partial charge in [0.15, 0.2) is 0 Å².